The van der Waals surface area contributed by atoms with E-state index in [0.29, 0.717) is 17.9 Å². The summed E-state index contributed by atoms with van der Waals surface area (Å²) in [4.78, 5) is 26.5. The van der Waals surface area contributed by atoms with Crippen LogP contribution in [0.3, 0.4) is 0 Å². The van der Waals surface area contributed by atoms with Crippen molar-refractivity contribution >= 4 is 17.2 Å². The number of aryl methyl sites for hydroxylation is 2. The van der Waals surface area contributed by atoms with Gasteiger partial charge in [-0.05, 0) is 57.0 Å². The van der Waals surface area contributed by atoms with Gasteiger partial charge in [-0.15, -0.1) is 5.92 Å². The SMILES string of the molecule is CC#CCN[C@@H](C)c1nc(-c2ccc(C(=O)Nc3cc(CCC)ccn3)cc2)c2c(C)nccn12. The molecule has 1 atom stereocenters. The second kappa shape index (κ2) is 10.9. The molecule has 3 heterocycles. The molecule has 4 rings (SSSR count). The Balaban J connectivity index is 1.60. The van der Waals surface area contributed by atoms with E-state index in [-0.39, 0.29) is 11.9 Å². The largest absolute Gasteiger partial charge is 0.307 e. The van der Waals surface area contributed by atoms with Crippen LogP contribution in [0.5, 0.6) is 0 Å². The second-order valence-corrected chi connectivity index (χ2v) is 8.41. The van der Waals surface area contributed by atoms with Crippen LogP contribution in [-0.2, 0) is 6.42 Å². The van der Waals surface area contributed by atoms with Crippen LogP contribution in [0.1, 0.15) is 60.7 Å². The summed E-state index contributed by atoms with van der Waals surface area (Å²) in [6, 6.07) is 11.4. The molecular formula is C28H30N6O. The molecule has 1 aromatic carbocycles. The zero-order valence-electron chi connectivity index (χ0n) is 20.6. The van der Waals surface area contributed by atoms with Gasteiger partial charge in [-0.1, -0.05) is 31.4 Å². The number of nitrogens with zero attached hydrogens (tertiary/aromatic N) is 4. The van der Waals surface area contributed by atoms with Crippen LogP contribution in [0.15, 0.2) is 55.0 Å². The minimum Gasteiger partial charge on any atom is -0.307 e. The van der Waals surface area contributed by atoms with Crippen LogP contribution in [0.25, 0.3) is 16.8 Å². The van der Waals surface area contributed by atoms with E-state index in [4.69, 9.17) is 4.98 Å². The summed E-state index contributed by atoms with van der Waals surface area (Å²) >= 11 is 0. The molecule has 0 radical (unpaired) electrons. The van der Waals surface area contributed by atoms with Gasteiger partial charge < -0.3 is 5.32 Å². The Morgan fingerprint density at radius 2 is 1.94 bits per heavy atom. The van der Waals surface area contributed by atoms with Gasteiger partial charge in [0, 0.05) is 29.7 Å². The van der Waals surface area contributed by atoms with Crippen molar-refractivity contribution in [3.63, 3.8) is 0 Å². The van der Waals surface area contributed by atoms with Crippen molar-refractivity contribution in [1.82, 2.24) is 24.7 Å². The van der Waals surface area contributed by atoms with Crippen molar-refractivity contribution in [2.75, 3.05) is 11.9 Å². The number of carbonyl (C=O) groups excluding carboxylic acids is 1. The molecule has 3 aromatic heterocycles. The summed E-state index contributed by atoms with van der Waals surface area (Å²) in [7, 11) is 0. The Labute approximate surface area is 206 Å². The molecule has 0 aliphatic rings. The molecule has 0 aliphatic heterocycles. The zero-order valence-corrected chi connectivity index (χ0v) is 20.6. The highest BCUT2D eigenvalue weighted by Crippen LogP contribution is 2.29. The molecular weight excluding hydrogens is 436 g/mol. The summed E-state index contributed by atoms with van der Waals surface area (Å²) in [5.74, 6) is 7.20. The average Bonchev–Trinajstić information content (AvgIpc) is 3.26. The van der Waals surface area contributed by atoms with Gasteiger partial charge in [0.1, 0.15) is 11.6 Å². The minimum atomic E-state index is -0.194. The number of aromatic nitrogens is 4. The minimum absolute atomic E-state index is 0.0000716. The lowest BCUT2D eigenvalue weighted by Gasteiger charge is -2.10. The molecule has 178 valence electrons. The molecule has 7 nitrogen and oxygen atoms in total. The van der Waals surface area contributed by atoms with E-state index in [0.717, 1.165) is 46.7 Å². The topological polar surface area (TPSA) is 84.2 Å². The van der Waals surface area contributed by atoms with E-state index in [1.165, 1.54) is 0 Å². The molecule has 7 heteroatoms. The fourth-order valence-corrected chi connectivity index (χ4v) is 4.06. The number of imidazole rings is 1. The number of hydrogen-bond acceptors (Lipinski definition) is 5. The number of amides is 1. The Kier molecular flexibility index (Phi) is 7.54. The summed E-state index contributed by atoms with van der Waals surface area (Å²) in [6.07, 6.45) is 7.44. The summed E-state index contributed by atoms with van der Waals surface area (Å²) < 4.78 is 2.07. The van der Waals surface area contributed by atoms with E-state index in [9.17, 15) is 4.79 Å². The Morgan fingerprint density at radius 1 is 1.14 bits per heavy atom. The number of fused-ring (bicyclic) bond motifs is 1. The smallest absolute Gasteiger partial charge is 0.256 e. The van der Waals surface area contributed by atoms with Gasteiger partial charge in [-0.3, -0.25) is 19.5 Å². The summed E-state index contributed by atoms with van der Waals surface area (Å²) in [6.45, 7) is 8.60. The zero-order chi connectivity index (χ0) is 24.8. The fourth-order valence-electron chi connectivity index (χ4n) is 4.06. The predicted octanol–water partition coefficient (Wildman–Crippen LogP) is 4.98. The third kappa shape index (κ3) is 5.39. The lowest BCUT2D eigenvalue weighted by molar-refractivity contribution is 0.102. The van der Waals surface area contributed by atoms with Crippen LogP contribution >= 0.6 is 0 Å². The molecule has 0 saturated heterocycles. The van der Waals surface area contributed by atoms with Gasteiger partial charge in [0.05, 0.1) is 29.5 Å². The maximum atomic E-state index is 12.8. The average molecular weight is 467 g/mol. The standard InChI is InChI=1S/C28H30N6O/c1-5-7-14-29-20(4)27-33-25(26-19(3)30-16-17-34(26)27)22-9-11-23(12-10-22)28(35)32-24-18-21(8-6-2)13-15-31-24/h9-13,15-18,20,29H,6,8,14H2,1-4H3,(H,31,32,35)/t20-/m0/s1. The molecule has 0 fully saturated rings. The van der Waals surface area contributed by atoms with Gasteiger partial charge in [0.25, 0.3) is 5.91 Å². The van der Waals surface area contributed by atoms with Crippen molar-refractivity contribution < 1.29 is 4.79 Å². The van der Waals surface area contributed by atoms with Crippen LogP contribution in [-0.4, -0.2) is 31.8 Å². The molecule has 0 spiro atoms. The van der Waals surface area contributed by atoms with Crippen LogP contribution < -0.4 is 10.6 Å². The van der Waals surface area contributed by atoms with E-state index in [1.807, 2.05) is 56.4 Å². The van der Waals surface area contributed by atoms with E-state index in [2.05, 4.69) is 50.7 Å². The van der Waals surface area contributed by atoms with Crippen LogP contribution in [0.4, 0.5) is 5.82 Å². The number of anilines is 1. The molecule has 0 aliphatic carbocycles. The lowest BCUT2D eigenvalue weighted by Crippen LogP contribution is -2.21. The Bertz CT molecular complexity index is 1390. The highest BCUT2D eigenvalue weighted by Gasteiger charge is 2.19. The maximum absolute atomic E-state index is 12.8. The molecule has 4 aromatic rings. The number of nitrogens with one attached hydrogen (secondary N) is 2. The maximum Gasteiger partial charge on any atom is 0.256 e. The molecule has 0 unspecified atom stereocenters. The number of rotatable bonds is 8. The first-order valence-electron chi connectivity index (χ1n) is 11.8. The van der Waals surface area contributed by atoms with Gasteiger partial charge in [-0.25, -0.2) is 9.97 Å². The Hall–Kier alpha value is -4.02. The fraction of sp³-hybridized carbons (Fsp3) is 0.286. The van der Waals surface area contributed by atoms with E-state index in [1.54, 1.807) is 12.4 Å². The van der Waals surface area contributed by atoms with Gasteiger partial charge in [-0.2, -0.15) is 0 Å². The third-order valence-corrected chi connectivity index (χ3v) is 5.85. The highest BCUT2D eigenvalue weighted by atomic mass is 16.1. The number of hydrogen-bond donors (Lipinski definition) is 2. The van der Waals surface area contributed by atoms with Crippen molar-refractivity contribution in [1.29, 1.82) is 0 Å². The summed E-state index contributed by atoms with van der Waals surface area (Å²) in [5, 5.41) is 6.30. The Morgan fingerprint density at radius 3 is 2.69 bits per heavy atom. The second-order valence-electron chi connectivity index (χ2n) is 8.41. The number of benzene rings is 1. The first kappa shape index (κ1) is 24.1. The van der Waals surface area contributed by atoms with Gasteiger partial charge in [0.15, 0.2) is 0 Å². The van der Waals surface area contributed by atoms with E-state index >= 15 is 0 Å². The summed E-state index contributed by atoms with van der Waals surface area (Å²) in [5.41, 5.74) is 5.31. The number of pyridine rings is 1. The van der Waals surface area contributed by atoms with Crippen LogP contribution in [0, 0.1) is 18.8 Å². The quantitative estimate of drug-likeness (QED) is 0.358. The number of carbonyl (C=O) groups is 1. The van der Waals surface area contributed by atoms with Crippen molar-refractivity contribution in [3.05, 3.63) is 77.6 Å². The normalized spacial score (nSPS) is 11.7. The molecule has 0 bridgehead atoms. The monoisotopic (exact) mass is 466 g/mol. The molecule has 1 amide bonds. The first-order chi connectivity index (χ1) is 17.0. The van der Waals surface area contributed by atoms with Gasteiger partial charge >= 0.3 is 0 Å². The van der Waals surface area contributed by atoms with Crippen molar-refractivity contribution in [3.8, 4) is 23.1 Å². The van der Waals surface area contributed by atoms with Crippen molar-refractivity contribution in [2.24, 2.45) is 0 Å². The molecule has 35 heavy (non-hydrogen) atoms. The highest BCUT2D eigenvalue weighted by molar-refractivity contribution is 6.04. The molecule has 2 N–H and O–H groups in total. The third-order valence-electron chi connectivity index (χ3n) is 5.85. The first-order valence-corrected chi connectivity index (χ1v) is 11.8. The van der Waals surface area contributed by atoms with Crippen molar-refractivity contribution in [2.45, 2.75) is 46.6 Å². The lowest BCUT2D eigenvalue weighted by atomic mass is 10.1. The van der Waals surface area contributed by atoms with Gasteiger partial charge in [0.2, 0.25) is 0 Å². The molecule has 0 saturated carbocycles. The predicted molar refractivity (Wildman–Crippen MR) is 139 cm³/mol. The van der Waals surface area contributed by atoms with Crippen LogP contribution in [0.2, 0.25) is 0 Å². The van der Waals surface area contributed by atoms with E-state index < -0.39 is 0 Å².